The zero-order valence-corrected chi connectivity index (χ0v) is 12.3. The second-order valence-electron chi connectivity index (χ2n) is 5.86. The van der Waals surface area contributed by atoms with Gasteiger partial charge in [-0.1, -0.05) is 26.7 Å². The van der Waals surface area contributed by atoms with Crippen LogP contribution in [-0.4, -0.2) is 28.4 Å². The Balaban J connectivity index is 2.20. The number of aromatic nitrogens is 1. The Bertz CT molecular complexity index is 455. The first-order valence-corrected chi connectivity index (χ1v) is 7.35. The summed E-state index contributed by atoms with van der Waals surface area (Å²) in [5.74, 6) is 5.87. The Morgan fingerprint density at radius 1 is 1.50 bits per heavy atom. The number of nitrogens with two attached hydrogens (primary N) is 1. The molecule has 1 amide bonds. The number of nitrogens with one attached hydrogen (secondary N) is 1. The van der Waals surface area contributed by atoms with Gasteiger partial charge in [0.2, 0.25) is 0 Å². The normalized spacial score (nSPS) is 15.6. The van der Waals surface area contributed by atoms with Crippen molar-refractivity contribution < 1.29 is 4.79 Å². The molecule has 1 heterocycles. The van der Waals surface area contributed by atoms with Gasteiger partial charge < -0.3 is 10.3 Å². The standard InChI is InChI=1S/C15H24N4O/c1-11(2)10-19(13-5-3-4-6-13)15(20)14-9-12(18-16)7-8-17-14/h7-9,11,13H,3-6,10,16H2,1-2H3,(H,17,18). The fourth-order valence-corrected chi connectivity index (χ4v) is 2.79. The Hall–Kier alpha value is -1.62. The van der Waals surface area contributed by atoms with Crippen LogP contribution < -0.4 is 11.3 Å². The molecule has 1 aliphatic carbocycles. The molecule has 0 bridgehead atoms. The molecular weight excluding hydrogens is 252 g/mol. The summed E-state index contributed by atoms with van der Waals surface area (Å²) in [5.41, 5.74) is 3.73. The number of hydrazine groups is 1. The van der Waals surface area contributed by atoms with Crippen LogP contribution >= 0.6 is 0 Å². The van der Waals surface area contributed by atoms with E-state index in [4.69, 9.17) is 5.84 Å². The summed E-state index contributed by atoms with van der Waals surface area (Å²) in [6, 6.07) is 3.82. The van der Waals surface area contributed by atoms with Crippen LogP contribution in [0.4, 0.5) is 5.69 Å². The van der Waals surface area contributed by atoms with Crippen molar-refractivity contribution in [2.24, 2.45) is 11.8 Å². The number of pyridine rings is 1. The number of hydrogen-bond acceptors (Lipinski definition) is 4. The van der Waals surface area contributed by atoms with E-state index in [-0.39, 0.29) is 5.91 Å². The Kier molecular flexibility index (Phi) is 4.95. The average molecular weight is 276 g/mol. The highest BCUT2D eigenvalue weighted by Crippen LogP contribution is 2.25. The molecule has 0 aromatic carbocycles. The molecule has 0 radical (unpaired) electrons. The second kappa shape index (κ2) is 6.70. The van der Waals surface area contributed by atoms with Crippen molar-refractivity contribution >= 4 is 11.6 Å². The quantitative estimate of drug-likeness (QED) is 0.640. The zero-order chi connectivity index (χ0) is 14.5. The van der Waals surface area contributed by atoms with E-state index in [1.807, 2.05) is 4.90 Å². The van der Waals surface area contributed by atoms with Gasteiger partial charge in [-0.25, -0.2) is 0 Å². The third-order valence-electron chi connectivity index (χ3n) is 3.73. The molecular formula is C15H24N4O. The van der Waals surface area contributed by atoms with Crippen LogP contribution in [0.1, 0.15) is 50.0 Å². The van der Waals surface area contributed by atoms with Crippen molar-refractivity contribution in [3.05, 3.63) is 24.0 Å². The highest BCUT2D eigenvalue weighted by molar-refractivity contribution is 5.93. The summed E-state index contributed by atoms with van der Waals surface area (Å²) in [6.07, 6.45) is 6.25. The highest BCUT2D eigenvalue weighted by atomic mass is 16.2. The smallest absolute Gasteiger partial charge is 0.272 e. The molecule has 1 aromatic heterocycles. The summed E-state index contributed by atoms with van der Waals surface area (Å²) in [5, 5.41) is 0. The lowest BCUT2D eigenvalue weighted by molar-refractivity contribution is 0.0649. The number of amides is 1. The molecule has 2 rings (SSSR count). The van der Waals surface area contributed by atoms with Crippen LogP contribution in [0.2, 0.25) is 0 Å². The van der Waals surface area contributed by atoms with Crippen LogP contribution in [0.25, 0.3) is 0 Å². The van der Waals surface area contributed by atoms with E-state index >= 15 is 0 Å². The van der Waals surface area contributed by atoms with Gasteiger partial charge in [0.05, 0.1) is 5.69 Å². The molecule has 0 aliphatic heterocycles. The fourth-order valence-electron chi connectivity index (χ4n) is 2.79. The van der Waals surface area contributed by atoms with Crippen molar-refractivity contribution in [1.82, 2.24) is 9.88 Å². The lowest BCUT2D eigenvalue weighted by atomic mass is 10.1. The van der Waals surface area contributed by atoms with Gasteiger partial charge in [-0.15, -0.1) is 0 Å². The fraction of sp³-hybridized carbons (Fsp3) is 0.600. The van der Waals surface area contributed by atoms with Gasteiger partial charge in [-0.3, -0.25) is 15.6 Å². The SMILES string of the molecule is CC(C)CN(C(=O)c1cc(NN)ccn1)C1CCCC1. The molecule has 0 unspecified atom stereocenters. The number of nitrogens with zero attached hydrogens (tertiary/aromatic N) is 2. The number of carbonyl (C=O) groups is 1. The van der Waals surface area contributed by atoms with Crippen LogP contribution in [0.3, 0.4) is 0 Å². The third kappa shape index (κ3) is 3.48. The predicted octanol–water partition coefficient (Wildman–Crippen LogP) is 2.41. The maximum absolute atomic E-state index is 12.7. The van der Waals surface area contributed by atoms with Crippen LogP contribution in [0.5, 0.6) is 0 Å². The summed E-state index contributed by atoms with van der Waals surface area (Å²) >= 11 is 0. The first kappa shape index (κ1) is 14.8. The number of rotatable bonds is 5. The molecule has 1 aliphatic rings. The van der Waals surface area contributed by atoms with Gasteiger partial charge in [0, 0.05) is 18.8 Å². The van der Waals surface area contributed by atoms with Gasteiger partial charge in [0.25, 0.3) is 5.91 Å². The van der Waals surface area contributed by atoms with Gasteiger partial charge in [0.1, 0.15) is 5.69 Å². The highest BCUT2D eigenvalue weighted by Gasteiger charge is 2.28. The molecule has 1 fully saturated rings. The lowest BCUT2D eigenvalue weighted by Crippen LogP contribution is -2.41. The molecule has 20 heavy (non-hydrogen) atoms. The summed E-state index contributed by atoms with van der Waals surface area (Å²) < 4.78 is 0. The zero-order valence-electron chi connectivity index (χ0n) is 12.3. The number of carbonyl (C=O) groups excluding carboxylic acids is 1. The van der Waals surface area contributed by atoms with Gasteiger partial charge >= 0.3 is 0 Å². The number of anilines is 1. The second-order valence-corrected chi connectivity index (χ2v) is 5.86. The largest absolute Gasteiger partial charge is 0.334 e. The van der Waals surface area contributed by atoms with Crippen molar-refractivity contribution in [3.63, 3.8) is 0 Å². The Labute approximate surface area is 120 Å². The van der Waals surface area contributed by atoms with E-state index in [1.54, 1.807) is 18.3 Å². The van der Waals surface area contributed by atoms with E-state index in [0.717, 1.165) is 19.4 Å². The molecule has 1 aromatic rings. The van der Waals surface area contributed by atoms with E-state index in [0.29, 0.717) is 23.3 Å². The molecule has 1 saturated carbocycles. The Morgan fingerprint density at radius 3 is 2.80 bits per heavy atom. The van der Waals surface area contributed by atoms with Crippen LogP contribution in [-0.2, 0) is 0 Å². The monoisotopic (exact) mass is 276 g/mol. The molecule has 3 N–H and O–H groups in total. The minimum atomic E-state index is 0.0164. The van der Waals surface area contributed by atoms with Crippen molar-refractivity contribution in [2.75, 3.05) is 12.0 Å². The third-order valence-corrected chi connectivity index (χ3v) is 3.73. The first-order valence-electron chi connectivity index (χ1n) is 7.35. The summed E-state index contributed by atoms with van der Waals surface area (Å²) in [6.45, 7) is 5.06. The van der Waals surface area contributed by atoms with Gasteiger partial charge in [-0.2, -0.15) is 0 Å². The number of hydrogen-bond donors (Lipinski definition) is 2. The molecule has 5 nitrogen and oxygen atoms in total. The number of nitrogen functional groups attached to an aromatic ring is 1. The maximum atomic E-state index is 12.7. The molecule has 0 saturated heterocycles. The van der Waals surface area contributed by atoms with Crippen LogP contribution in [0.15, 0.2) is 18.3 Å². The van der Waals surface area contributed by atoms with Gasteiger partial charge in [-0.05, 0) is 30.9 Å². The minimum absolute atomic E-state index is 0.0164. The van der Waals surface area contributed by atoms with Crippen molar-refractivity contribution in [1.29, 1.82) is 0 Å². The molecule has 5 heteroatoms. The molecule has 0 spiro atoms. The lowest BCUT2D eigenvalue weighted by Gasteiger charge is -2.30. The van der Waals surface area contributed by atoms with E-state index < -0.39 is 0 Å². The maximum Gasteiger partial charge on any atom is 0.272 e. The van der Waals surface area contributed by atoms with Crippen molar-refractivity contribution in [2.45, 2.75) is 45.6 Å². The average Bonchev–Trinajstić information content (AvgIpc) is 2.98. The summed E-state index contributed by atoms with van der Waals surface area (Å²) in [4.78, 5) is 18.9. The summed E-state index contributed by atoms with van der Waals surface area (Å²) in [7, 11) is 0. The minimum Gasteiger partial charge on any atom is -0.334 e. The van der Waals surface area contributed by atoms with E-state index in [9.17, 15) is 4.79 Å². The van der Waals surface area contributed by atoms with Crippen molar-refractivity contribution in [3.8, 4) is 0 Å². The molecule has 0 atom stereocenters. The first-order chi connectivity index (χ1) is 9.61. The van der Waals surface area contributed by atoms with Gasteiger partial charge in [0.15, 0.2) is 0 Å². The van der Waals surface area contributed by atoms with E-state index in [1.165, 1.54) is 12.8 Å². The molecule has 110 valence electrons. The van der Waals surface area contributed by atoms with E-state index in [2.05, 4.69) is 24.3 Å². The predicted molar refractivity (Wildman–Crippen MR) is 80.2 cm³/mol. The topological polar surface area (TPSA) is 71.2 Å². The Morgan fingerprint density at radius 2 is 2.20 bits per heavy atom. The van der Waals surface area contributed by atoms with Crippen LogP contribution in [0, 0.1) is 5.92 Å².